The molecule has 5 heteroatoms. The summed E-state index contributed by atoms with van der Waals surface area (Å²) < 4.78 is 6.36. The number of nitrogens with one attached hydrogen (secondary N) is 1. The van der Waals surface area contributed by atoms with Crippen molar-refractivity contribution in [3.8, 4) is 17.1 Å². The molecule has 0 fully saturated rings. The summed E-state index contributed by atoms with van der Waals surface area (Å²) in [6.45, 7) is 2.01. The minimum Gasteiger partial charge on any atom is -0.496 e. The molecule has 0 saturated carbocycles. The summed E-state index contributed by atoms with van der Waals surface area (Å²) in [6.07, 6.45) is 1.81. The van der Waals surface area contributed by atoms with Crippen molar-refractivity contribution in [2.24, 2.45) is 0 Å². The van der Waals surface area contributed by atoms with Gasteiger partial charge in [0, 0.05) is 10.7 Å². The SMILES string of the molecule is COc1cc(Br)ccc1-c1nc2ncc(C)cc2[nH]1. The molecule has 3 rings (SSSR count). The highest BCUT2D eigenvalue weighted by atomic mass is 79.9. The highest BCUT2D eigenvalue weighted by Crippen LogP contribution is 2.31. The van der Waals surface area contributed by atoms with Gasteiger partial charge in [0.25, 0.3) is 0 Å². The van der Waals surface area contributed by atoms with Crippen molar-refractivity contribution >= 4 is 27.1 Å². The number of aromatic amines is 1. The first kappa shape index (κ1) is 12.2. The van der Waals surface area contributed by atoms with E-state index < -0.39 is 0 Å². The van der Waals surface area contributed by atoms with Crippen molar-refractivity contribution in [3.63, 3.8) is 0 Å². The molecule has 3 aromatic rings. The molecular weight excluding hydrogens is 306 g/mol. The van der Waals surface area contributed by atoms with Crippen molar-refractivity contribution in [2.75, 3.05) is 7.11 Å². The molecule has 2 aromatic heterocycles. The maximum Gasteiger partial charge on any atom is 0.178 e. The van der Waals surface area contributed by atoms with Gasteiger partial charge in [-0.3, -0.25) is 0 Å². The minimum atomic E-state index is 0.713. The number of pyridine rings is 1. The lowest BCUT2D eigenvalue weighted by Crippen LogP contribution is -1.89. The van der Waals surface area contributed by atoms with Crippen LogP contribution in [-0.4, -0.2) is 22.1 Å². The number of H-pyrrole nitrogens is 1. The number of methoxy groups -OCH3 is 1. The van der Waals surface area contributed by atoms with Gasteiger partial charge in [-0.1, -0.05) is 15.9 Å². The van der Waals surface area contributed by atoms with E-state index >= 15 is 0 Å². The first-order chi connectivity index (χ1) is 9.17. The predicted octanol–water partition coefficient (Wildman–Crippen LogP) is 3.70. The highest BCUT2D eigenvalue weighted by molar-refractivity contribution is 9.10. The summed E-state index contributed by atoms with van der Waals surface area (Å²) in [7, 11) is 1.65. The van der Waals surface area contributed by atoms with Gasteiger partial charge in [0.1, 0.15) is 11.6 Å². The lowest BCUT2D eigenvalue weighted by atomic mass is 10.2. The molecule has 96 valence electrons. The van der Waals surface area contributed by atoms with Crippen LogP contribution in [0.3, 0.4) is 0 Å². The summed E-state index contributed by atoms with van der Waals surface area (Å²) in [6, 6.07) is 7.88. The van der Waals surface area contributed by atoms with Crippen molar-refractivity contribution in [1.29, 1.82) is 0 Å². The molecule has 2 heterocycles. The van der Waals surface area contributed by atoms with Gasteiger partial charge in [-0.05, 0) is 36.8 Å². The third-order valence-electron chi connectivity index (χ3n) is 2.89. The standard InChI is InChI=1S/C14H12BrN3O/c1-8-5-11-14(16-7-8)18-13(17-11)10-4-3-9(15)6-12(10)19-2/h3-7H,1-2H3,(H,16,17,18). The van der Waals surface area contributed by atoms with Crippen LogP contribution in [0.5, 0.6) is 5.75 Å². The van der Waals surface area contributed by atoms with E-state index in [2.05, 4.69) is 30.9 Å². The number of aryl methyl sites for hydroxylation is 1. The van der Waals surface area contributed by atoms with E-state index in [0.717, 1.165) is 32.7 Å². The molecule has 0 saturated heterocycles. The third kappa shape index (κ3) is 2.21. The van der Waals surface area contributed by atoms with Crippen molar-refractivity contribution < 1.29 is 4.74 Å². The zero-order valence-corrected chi connectivity index (χ0v) is 12.2. The topological polar surface area (TPSA) is 50.8 Å². The number of rotatable bonds is 2. The Hall–Kier alpha value is -1.88. The van der Waals surface area contributed by atoms with Crippen LogP contribution in [0.4, 0.5) is 0 Å². The van der Waals surface area contributed by atoms with Crippen LogP contribution in [0.2, 0.25) is 0 Å². The van der Waals surface area contributed by atoms with Crippen molar-refractivity contribution in [3.05, 3.63) is 40.5 Å². The second kappa shape index (κ2) is 4.66. The lowest BCUT2D eigenvalue weighted by molar-refractivity contribution is 0.416. The number of halogens is 1. The molecule has 1 aromatic carbocycles. The van der Waals surface area contributed by atoms with Crippen LogP contribution in [-0.2, 0) is 0 Å². The van der Waals surface area contributed by atoms with Gasteiger partial charge in [0.2, 0.25) is 0 Å². The molecule has 19 heavy (non-hydrogen) atoms. The second-order valence-electron chi connectivity index (χ2n) is 4.31. The van der Waals surface area contributed by atoms with E-state index in [-0.39, 0.29) is 0 Å². The monoisotopic (exact) mass is 317 g/mol. The fraction of sp³-hybridized carbons (Fsp3) is 0.143. The quantitative estimate of drug-likeness (QED) is 0.784. The zero-order chi connectivity index (χ0) is 13.4. The largest absolute Gasteiger partial charge is 0.496 e. The number of hydrogen-bond acceptors (Lipinski definition) is 3. The van der Waals surface area contributed by atoms with Gasteiger partial charge < -0.3 is 9.72 Å². The highest BCUT2D eigenvalue weighted by Gasteiger charge is 2.11. The summed E-state index contributed by atoms with van der Waals surface area (Å²) in [4.78, 5) is 12.1. The average Bonchev–Trinajstić information content (AvgIpc) is 2.81. The number of hydrogen-bond donors (Lipinski definition) is 1. The number of aromatic nitrogens is 3. The van der Waals surface area contributed by atoms with Gasteiger partial charge in [-0.2, -0.15) is 0 Å². The van der Waals surface area contributed by atoms with Crippen LogP contribution in [0.15, 0.2) is 34.9 Å². The van der Waals surface area contributed by atoms with Crippen LogP contribution in [0, 0.1) is 6.92 Å². The molecule has 0 amide bonds. The summed E-state index contributed by atoms with van der Waals surface area (Å²) >= 11 is 3.43. The number of benzene rings is 1. The van der Waals surface area contributed by atoms with E-state index in [9.17, 15) is 0 Å². The van der Waals surface area contributed by atoms with E-state index in [1.54, 1.807) is 7.11 Å². The predicted molar refractivity (Wildman–Crippen MR) is 78.3 cm³/mol. The van der Waals surface area contributed by atoms with Crippen LogP contribution < -0.4 is 4.74 Å². The second-order valence-corrected chi connectivity index (χ2v) is 5.23. The maximum absolute atomic E-state index is 5.39. The normalized spacial score (nSPS) is 10.9. The Balaban J connectivity index is 2.18. The molecule has 1 N–H and O–H groups in total. The average molecular weight is 318 g/mol. The smallest absolute Gasteiger partial charge is 0.178 e. The Morgan fingerprint density at radius 1 is 1.26 bits per heavy atom. The summed E-state index contributed by atoms with van der Waals surface area (Å²) in [5.74, 6) is 1.53. The third-order valence-corrected chi connectivity index (χ3v) is 3.39. The van der Waals surface area contributed by atoms with Crippen LogP contribution >= 0.6 is 15.9 Å². The molecule has 0 unspecified atom stereocenters. The van der Waals surface area contributed by atoms with E-state index in [0.29, 0.717) is 5.65 Å². The number of imidazole rings is 1. The maximum atomic E-state index is 5.39. The molecule has 0 aliphatic carbocycles. The molecule has 0 aliphatic heterocycles. The van der Waals surface area contributed by atoms with Crippen molar-refractivity contribution in [2.45, 2.75) is 6.92 Å². The number of ether oxygens (including phenoxy) is 1. The molecule has 0 radical (unpaired) electrons. The lowest BCUT2D eigenvalue weighted by Gasteiger charge is -2.06. The molecule has 0 bridgehead atoms. The Bertz CT molecular complexity index is 752. The Morgan fingerprint density at radius 2 is 2.11 bits per heavy atom. The van der Waals surface area contributed by atoms with Gasteiger partial charge in [0.05, 0.1) is 18.2 Å². The van der Waals surface area contributed by atoms with E-state index in [1.165, 1.54) is 0 Å². The number of nitrogens with zero attached hydrogens (tertiary/aromatic N) is 2. The molecule has 0 spiro atoms. The molecule has 0 atom stereocenters. The van der Waals surface area contributed by atoms with E-state index in [4.69, 9.17) is 4.74 Å². The van der Waals surface area contributed by atoms with Gasteiger partial charge in [0.15, 0.2) is 5.65 Å². The fourth-order valence-electron chi connectivity index (χ4n) is 1.99. The zero-order valence-electron chi connectivity index (χ0n) is 10.6. The van der Waals surface area contributed by atoms with Crippen LogP contribution in [0.1, 0.15) is 5.56 Å². The summed E-state index contributed by atoms with van der Waals surface area (Å²) in [5, 5.41) is 0. The van der Waals surface area contributed by atoms with Gasteiger partial charge in [-0.15, -0.1) is 0 Å². The van der Waals surface area contributed by atoms with Crippen molar-refractivity contribution in [1.82, 2.24) is 15.0 Å². The molecule has 0 aliphatic rings. The van der Waals surface area contributed by atoms with E-state index in [1.807, 2.05) is 37.4 Å². The Labute approximate surface area is 119 Å². The van der Waals surface area contributed by atoms with Gasteiger partial charge >= 0.3 is 0 Å². The first-order valence-corrected chi connectivity index (χ1v) is 6.63. The minimum absolute atomic E-state index is 0.713. The Kier molecular flexibility index (Phi) is 2.98. The fourth-order valence-corrected chi connectivity index (χ4v) is 2.33. The Morgan fingerprint density at radius 3 is 2.89 bits per heavy atom. The van der Waals surface area contributed by atoms with Crippen LogP contribution in [0.25, 0.3) is 22.6 Å². The molecular formula is C14H12BrN3O. The first-order valence-electron chi connectivity index (χ1n) is 5.83. The number of fused-ring (bicyclic) bond motifs is 1. The molecule has 4 nitrogen and oxygen atoms in total. The summed E-state index contributed by atoms with van der Waals surface area (Å²) in [5.41, 5.74) is 3.66. The van der Waals surface area contributed by atoms with Gasteiger partial charge in [-0.25, -0.2) is 9.97 Å².